The number of imidazole rings is 1. The number of benzene rings is 1. The molecule has 3 heterocycles. The monoisotopic (exact) mass is 508 g/mol. The first-order valence-electron chi connectivity index (χ1n) is 11.1. The Balaban J connectivity index is 1.49. The first kappa shape index (κ1) is 23.4. The van der Waals surface area contributed by atoms with Crippen LogP contribution in [0.1, 0.15) is 24.1 Å². The number of β-amino-alcohol motifs (C(OH)–C–C–N with tert-alkyl or cyclic N) is 1. The van der Waals surface area contributed by atoms with Crippen LogP contribution in [0.5, 0.6) is 0 Å². The molecule has 1 saturated heterocycles. The standard InChI is InChI=1S/C22H21ClN10O3/c1-36-22(35)29-15-9-32(10-17(15)34)16-5-11(6-24)4-14(18(16)23)28-21-30-19(27-12-2-3-12)20-26-8-13(7-25)33(20)31-21/h4-5,8,12,15,17,34H,2-3,9-10H2,1H3,(H,29,35)(H2,27,28,30,31)/t15-,17+/m1/s1. The third kappa shape index (κ3) is 4.49. The van der Waals surface area contributed by atoms with Crippen LogP contribution >= 0.6 is 11.6 Å². The number of rotatable bonds is 6. The Kier molecular flexibility index (Phi) is 6.10. The Labute approximate surface area is 210 Å². The molecule has 4 N–H and O–H groups in total. The maximum atomic E-state index is 11.6. The molecule has 1 aliphatic carbocycles. The summed E-state index contributed by atoms with van der Waals surface area (Å²) in [7, 11) is 1.24. The van der Waals surface area contributed by atoms with Gasteiger partial charge in [-0.1, -0.05) is 11.6 Å². The lowest BCUT2D eigenvalue weighted by molar-refractivity contribution is 0.138. The molecular weight excluding hydrogens is 488 g/mol. The molecule has 36 heavy (non-hydrogen) atoms. The molecule has 184 valence electrons. The molecule has 14 heteroatoms. The van der Waals surface area contributed by atoms with E-state index in [1.807, 2.05) is 0 Å². The molecule has 2 atom stereocenters. The third-order valence-corrected chi connectivity index (χ3v) is 6.34. The Bertz CT molecular complexity index is 1420. The number of hydrogen-bond acceptors (Lipinski definition) is 11. The number of carbonyl (C=O) groups excluding carboxylic acids is 1. The molecule has 1 amide bonds. The maximum absolute atomic E-state index is 11.6. The highest BCUT2D eigenvalue weighted by Crippen LogP contribution is 2.37. The summed E-state index contributed by atoms with van der Waals surface area (Å²) < 4.78 is 6.01. The van der Waals surface area contributed by atoms with Crippen molar-refractivity contribution in [1.82, 2.24) is 24.9 Å². The summed E-state index contributed by atoms with van der Waals surface area (Å²) in [6.07, 6.45) is 1.93. The largest absolute Gasteiger partial charge is 0.453 e. The summed E-state index contributed by atoms with van der Waals surface area (Å²) in [5.41, 5.74) is 1.83. The lowest BCUT2D eigenvalue weighted by Crippen LogP contribution is -2.42. The number of fused-ring (bicyclic) bond motifs is 1. The maximum Gasteiger partial charge on any atom is 0.407 e. The number of methoxy groups -OCH3 is 1. The molecular formula is C22H21ClN10O3. The minimum Gasteiger partial charge on any atom is -0.453 e. The van der Waals surface area contributed by atoms with E-state index in [-0.39, 0.29) is 35.8 Å². The predicted molar refractivity (Wildman–Crippen MR) is 129 cm³/mol. The zero-order valence-electron chi connectivity index (χ0n) is 19.1. The van der Waals surface area contributed by atoms with Crippen molar-refractivity contribution in [2.24, 2.45) is 0 Å². The first-order valence-corrected chi connectivity index (χ1v) is 11.5. The van der Waals surface area contributed by atoms with E-state index in [0.717, 1.165) is 12.8 Å². The van der Waals surface area contributed by atoms with Gasteiger partial charge in [-0.15, -0.1) is 5.10 Å². The van der Waals surface area contributed by atoms with Crippen LogP contribution in [-0.2, 0) is 4.74 Å². The summed E-state index contributed by atoms with van der Waals surface area (Å²) in [4.78, 5) is 22.2. The number of nitrogens with one attached hydrogen (secondary N) is 3. The van der Waals surface area contributed by atoms with Gasteiger partial charge in [0.05, 0.1) is 53.5 Å². The van der Waals surface area contributed by atoms with Gasteiger partial charge in [0.25, 0.3) is 0 Å². The van der Waals surface area contributed by atoms with Gasteiger partial charge in [-0.2, -0.15) is 20.0 Å². The van der Waals surface area contributed by atoms with E-state index in [2.05, 4.69) is 47.9 Å². The number of nitriles is 2. The summed E-state index contributed by atoms with van der Waals surface area (Å²) >= 11 is 6.74. The molecule has 1 aromatic carbocycles. The van der Waals surface area contributed by atoms with Gasteiger partial charge in [-0.05, 0) is 25.0 Å². The van der Waals surface area contributed by atoms with Crippen LogP contribution in [0, 0.1) is 22.7 Å². The zero-order chi connectivity index (χ0) is 25.4. The van der Waals surface area contributed by atoms with Gasteiger partial charge in [0.2, 0.25) is 5.95 Å². The number of aliphatic hydroxyl groups is 1. The fourth-order valence-electron chi connectivity index (χ4n) is 3.98. The molecule has 0 unspecified atom stereocenters. The first-order chi connectivity index (χ1) is 17.4. The Morgan fingerprint density at radius 1 is 1.28 bits per heavy atom. The molecule has 0 spiro atoms. The van der Waals surface area contributed by atoms with E-state index in [4.69, 9.17) is 11.6 Å². The van der Waals surface area contributed by atoms with Crippen molar-refractivity contribution in [1.29, 1.82) is 10.5 Å². The number of ether oxygens (including phenoxy) is 1. The van der Waals surface area contributed by atoms with Crippen LogP contribution in [0.2, 0.25) is 5.02 Å². The SMILES string of the molecule is COC(=O)N[C@@H]1CN(c2cc(C#N)cc(Nc3nc(NC4CC4)c4ncc(C#N)n4n3)c2Cl)C[C@@H]1O. The van der Waals surface area contributed by atoms with Gasteiger partial charge in [0, 0.05) is 19.1 Å². The number of hydrogen-bond donors (Lipinski definition) is 4. The van der Waals surface area contributed by atoms with Crippen molar-refractivity contribution in [2.45, 2.75) is 31.0 Å². The fourth-order valence-corrected chi connectivity index (χ4v) is 4.26. The Morgan fingerprint density at radius 2 is 2.08 bits per heavy atom. The molecule has 2 aromatic heterocycles. The molecule has 0 bridgehead atoms. The van der Waals surface area contributed by atoms with Crippen LogP contribution in [0.15, 0.2) is 18.3 Å². The highest BCUT2D eigenvalue weighted by Gasteiger charge is 2.34. The normalized spacial score (nSPS) is 19.0. The van der Waals surface area contributed by atoms with Gasteiger partial charge < -0.3 is 30.7 Å². The van der Waals surface area contributed by atoms with Gasteiger partial charge in [0.1, 0.15) is 6.07 Å². The van der Waals surface area contributed by atoms with Crippen molar-refractivity contribution in [2.75, 3.05) is 35.7 Å². The highest BCUT2D eigenvalue weighted by atomic mass is 35.5. The number of halogens is 1. The average Bonchev–Trinajstić information content (AvgIpc) is 3.48. The van der Waals surface area contributed by atoms with E-state index in [0.29, 0.717) is 28.4 Å². The fraction of sp³-hybridized carbons (Fsp3) is 0.364. The van der Waals surface area contributed by atoms with Crippen LogP contribution < -0.4 is 20.9 Å². The van der Waals surface area contributed by atoms with Crippen molar-refractivity contribution in [3.8, 4) is 12.1 Å². The van der Waals surface area contributed by atoms with Crippen LogP contribution in [0.25, 0.3) is 5.65 Å². The number of alkyl carbamates (subject to hydrolysis) is 1. The molecule has 0 radical (unpaired) electrons. The predicted octanol–water partition coefficient (Wildman–Crippen LogP) is 1.74. The molecule has 13 nitrogen and oxygen atoms in total. The smallest absolute Gasteiger partial charge is 0.407 e. The molecule has 2 fully saturated rings. The van der Waals surface area contributed by atoms with E-state index < -0.39 is 18.2 Å². The lowest BCUT2D eigenvalue weighted by Gasteiger charge is -2.22. The van der Waals surface area contributed by atoms with E-state index >= 15 is 0 Å². The lowest BCUT2D eigenvalue weighted by atomic mass is 10.1. The van der Waals surface area contributed by atoms with Crippen LogP contribution in [-0.4, -0.2) is 69.2 Å². The minimum atomic E-state index is -0.866. The van der Waals surface area contributed by atoms with Gasteiger partial charge in [0.15, 0.2) is 17.2 Å². The second kappa shape index (κ2) is 9.37. The van der Waals surface area contributed by atoms with Crippen molar-refractivity contribution in [3.63, 3.8) is 0 Å². The molecule has 3 aromatic rings. The van der Waals surface area contributed by atoms with E-state index in [9.17, 15) is 20.4 Å². The zero-order valence-corrected chi connectivity index (χ0v) is 19.8. The van der Waals surface area contributed by atoms with Gasteiger partial charge in [-0.25, -0.2) is 9.78 Å². The summed E-state index contributed by atoms with van der Waals surface area (Å²) in [6, 6.07) is 7.03. The number of carbonyl (C=O) groups is 1. The number of aliphatic hydroxyl groups excluding tert-OH is 1. The number of amides is 1. The average molecular weight is 509 g/mol. The van der Waals surface area contributed by atoms with Crippen LogP contribution in [0.3, 0.4) is 0 Å². The van der Waals surface area contributed by atoms with Crippen molar-refractivity contribution in [3.05, 3.63) is 34.6 Å². The number of aromatic nitrogens is 4. The van der Waals surface area contributed by atoms with Crippen molar-refractivity contribution < 1.29 is 14.6 Å². The molecule has 1 aliphatic heterocycles. The Morgan fingerprint density at radius 3 is 2.78 bits per heavy atom. The number of nitrogens with zero attached hydrogens (tertiary/aromatic N) is 7. The molecule has 2 aliphatic rings. The van der Waals surface area contributed by atoms with Gasteiger partial charge in [-0.3, -0.25) is 0 Å². The molecule has 5 rings (SSSR count). The third-order valence-electron chi connectivity index (χ3n) is 5.94. The Hall–Kier alpha value is -4.33. The van der Waals surface area contributed by atoms with E-state index in [1.165, 1.54) is 17.8 Å². The van der Waals surface area contributed by atoms with Crippen molar-refractivity contribution >= 4 is 46.5 Å². The summed E-state index contributed by atoms with van der Waals surface area (Å²) in [5, 5.41) is 43.1. The summed E-state index contributed by atoms with van der Waals surface area (Å²) in [5.74, 6) is 0.624. The topological polar surface area (TPSA) is 177 Å². The highest BCUT2D eigenvalue weighted by molar-refractivity contribution is 6.36. The quantitative estimate of drug-likeness (QED) is 0.381. The number of anilines is 4. The second-order valence-electron chi connectivity index (χ2n) is 8.50. The minimum absolute atomic E-state index is 0.148. The summed E-state index contributed by atoms with van der Waals surface area (Å²) in [6.45, 7) is 0.434. The second-order valence-corrected chi connectivity index (χ2v) is 8.88. The van der Waals surface area contributed by atoms with Gasteiger partial charge >= 0.3 is 6.09 Å². The van der Waals surface area contributed by atoms with Crippen LogP contribution in [0.4, 0.5) is 27.9 Å². The van der Waals surface area contributed by atoms with E-state index in [1.54, 1.807) is 17.0 Å². The molecule has 1 saturated carbocycles.